The summed E-state index contributed by atoms with van der Waals surface area (Å²) >= 11 is 1.85. The number of hydrogen-bond acceptors (Lipinski definition) is 4. The number of aryl methyl sites for hydroxylation is 1. The second-order valence-electron chi connectivity index (χ2n) is 4.38. The Kier molecular flexibility index (Phi) is 4.23. The van der Waals surface area contributed by atoms with Crippen LogP contribution in [0.1, 0.15) is 24.0 Å². The molecule has 0 amide bonds. The van der Waals surface area contributed by atoms with Gasteiger partial charge in [0.1, 0.15) is 0 Å². The Morgan fingerprint density at radius 2 is 2.47 bits per heavy atom. The number of carbonyl (C=O) groups excluding carboxylic acids is 1. The number of ketones is 1. The summed E-state index contributed by atoms with van der Waals surface area (Å²) in [5.41, 5.74) is 0. The largest absolute Gasteiger partial charge is 0.328 e. The molecule has 0 N–H and O–H groups in total. The first kappa shape index (κ1) is 12.6. The molecule has 0 radical (unpaired) electrons. The summed E-state index contributed by atoms with van der Waals surface area (Å²) in [7, 11) is 2.02. The summed E-state index contributed by atoms with van der Waals surface area (Å²) in [6.45, 7) is 3.96. The number of hydrogen-bond donors (Lipinski definition) is 0. The maximum Gasteiger partial charge on any atom is 0.216 e. The highest BCUT2D eigenvalue weighted by molar-refractivity contribution is 7.99. The molecule has 1 saturated heterocycles. The van der Waals surface area contributed by atoms with Gasteiger partial charge in [0.2, 0.25) is 5.78 Å². The van der Waals surface area contributed by atoms with E-state index in [1.54, 1.807) is 6.20 Å². The fourth-order valence-corrected chi connectivity index (χ4v) is 3.28. The van der Waals surface area contributed by atoms with Crippen LogP contribution in [-0.2, 0) is 6.54 Å². The molecular formula is C12H19N3OS. The van der Waals surface area contributed by atoms with Gasteiger partial charge in [0.05, 0.1) is 6.04 Å². The van der Waals surface area contributed by atoms with Crippen LogP contribution in [0, 0.1) is 0 Å². The van der Waals surface area contributed by atoms with Gasteiger partial charge in [0.15, 0.2) is 5.82 Å². The van der Waals surface area contributed by atoms with Gasteiger partial charge in [-0.15, -0.1) is 0 Å². The molecule has 1 atom stereocenters. The van der Waals surface area contributed by atoms with Crippen molar-refractivity contribution in [3.8, 4) is 0 Å². The van der Waals surface area contributed by atoms with E-state index in [1.165, 1.54) is 0 Å². The average Bonchev–Trinajstić information content (AvgIpc) is 2.78. The van der Waals surface area contributed by atoms with Crippen molar-refractivity contribution >= 4 is 17.5 Å². The molecule has 0 aromatic carbocycles. The van der Waals surface area contributed by atoms with Gasteiger partial charge in [-0.1, -0.05) is 6.92 Å². The van der Waals surface area contributed by atoms with Crippen molar-refractivity contribution in [2.45, 2.75) is 25.9 Å². The van der Waals surface area contributed by atoms with Crippen LogP contribution in [-0.4, -0.2) is 51.4 Å². The summed E-state index contributed by atoms with van der Waals surface area (Å²) in [5.74, 6) is 2.78. The first-order chi connectivity index (χ1) is 8.24. The van der Waals surface area contributed by atoms with Crippen molar-refractivity contribution in [3.63, 3.8) is 0 Å². The maximum absolute atomic E-state index is 12.4. The SMILES string of the molecule is CCCn1ccnc1C(=O)C1CSCCN1C. The molecule has 1 aromatic rings. The van der Waals surface area contributed by atoms with Gasteiger partial charge in [0.25, 0.3) is 0 Å². The predicted molar refractivity (Wildman–Crippen MR) is 70.6 cm³/mol. The maximum atomic E-state index is 12.4. The molecule has 0 aliphatic carbocycles. The van der Waals surface area contributed by atoms with E-state index in [0.29, 0.717) is 5.82 Å². The number of imidazole rings is 1. The Morgan fingerprint density at radius 3 is 3.18 bits per heavy atom. The normalized spacial score (nSPS) is 21.6. The van der Waals surface area contributed by atoms with Crippen molar-refractivity contribution in [1.29, 1.82) is 0 Å². The highest BCUT2D eigenvalue weighted by Crippen LogP contribution is 2.18. The van der Waals surface area contributed by atoms with Crippen molar-refractivity contribution in [2.75, 3.05) is 25.1 Å². The number of Topliss-reactive ketones (excluding diaryl/α,β-unsaturated/α-hetero) is 1. The lowest BCUT2D eigenvalue weighted by Crippen LogP contribution is -2.45. The number of carbonyl (C=O) groups is 1. The van der Waals surface area contributed by atoms with Crippen LogP contribution in [0.25, 0.3) is 0 Å². The molecule has 0 saturated carbocycles. The number of nitrogens with zero attached hydrogens (tertiary/aromatic N) is 3. The third-order valence-electron chi connectivity index (χ3n) is 3.10. The minimum Gasteiger partial charge on any atom is -0.328 e. The second-order valence-corrected chi connectivity index (χ2v) is 5.53. The number of likely N-dealkylation sites (N-methyl/N-ethyl adjacent to an activating group) is 1. The van der Waals surface area contributed by atoms with E-state index in [-0.39, 0.29) is 11.8 Å². The van der Waals surface area contributed by atoms with Gasteiger partial charge < -0.3 is 4.57 Å². The molecular weight excluding hydrogens is 234 g/mol. The van der Waals surface area contributed by atoms with Crippen molar-refractivity contribution in [3.05, 3.63) is 18.2 Å². The van der Waals surface area contributed by atoms with E-state index in [0.717, 1.165) is 31.0 Å². The Bertz CT molecular complexity index is 391. The molecule has 1 aliphatic rings. The average molecular weight is 253 g/mol. The third-order valence-corrected chi connectivity index (χ3v) is 4.12. The van der Waals surface area contributed by atoms with Crippen LogP contribution in [0.4, 0.5) is 0 Å². The summed E-state index contributed by atoms with van der Waals surface area (Å²) in [4.78, 5) is 18.8. The lowest BCUT2D eigenvalue weighted by atomic mass is 10.1. The van der Waals surface area contributed by atoms with Crippen LogP contribution in [0.2, 0.25) is 0 Å². The zero-order chi connectivity index (χ0) is 12.3. The zero-order valence-corrected chi connectivity index (χ0v) is 11.2. The summed E-state index contributed by atoms with van der Waals surface area (Å²) in [6, 6.07) is -0.00763. The first-order valence-corrected chi connectivity index (χ1v) is 7.23. The Balaban J connectivity index is 2.15. The summed E-state index contributed by atoms with van der Waals surface area (Å²) in [6.07, 6.45) is 4.64. The molecule has 1 aromatic heterocycles. The van der Waals surface area contributed by atoms with Gasteiger partial charge >= 0.3 is 0 Å². The van der Waals surface area contributed by atoms with Crippen molar-refractivity contribution < 1.29 is 4.79 Å². The van der Waals surface area contributed by atoms with Crippen LogP contribution < -0.4 is 0 Å². The van der Waals surface area contributed by atoms with E-state index in [2.05, 4.69) is 16.8 Å². The monoisotopic (exact) mass is 253 g/mol. The van der Waals surface area contributed by atoms with Gasteiger partial charge in [-0.25, -0.2) is 4.98 Å². The number of thioether (sulfide) groups is 1. The smallest absolute Gasteiger partial charge is 0.216 e. The number of aromatic nitrogens is 2. The molecule has 0 spiro atoms. The number of rotatable bonds is 4. The quantitative estimate of drug-likeness (QED) is 0.763. The molecule has 4 nitrogen and oxygen atoms in total. The minimum atomic E-state index is -0.00763. The van der Waals surface area contributed by atoms with E-state index < -0.39 is 0 Å². The third kappa shape index (κ3) is 2.72. The molecule has 1 fully saturated rings. The van der Waals surface area contributed by atoms with E-state index in [9.17, 15) is 4.79 Å². The highest BCUT2D eigenvalue weighted by Gasteiger charge is 2.29. The molecule has 2 rings (SSSR count). The molecule has 17 heavy (non-hydrogen) atoms. The lowest BCUT2D eigenvalue weighted by Gasteiger charge is -2.30. The van der Waals surface area contributed by atoms with E-state index in [1.807, 2.05) is 29.6 Å². The van der Waals surface area contributed by atoms with Gasteiger partial charge in [-0.05, 0) is 13.5 Å². The predicted octanol–water partition coefficient (Wildman–Crippen LogP) is 1.52. The van der Waals surface area contributed by atoms with Crippen molar-refractivity contribution in [2.24, 2.45) is 0 Å². The lowest BCUT2D eigenvalue weighted by molar-refractivity contribution is 0.0859. The Labute approximate surface area is 106 Å². The van der Waals surface area contributed by atoms with Crippen LogP contribution in [0.3, 0.4) is 0 Å². The molecule has 94 valence electrons. The zero-order valence-electron chi connectivity index (χ0n) is 10.4. The molecule has 2 heterocycles. The van der Waals surface area contributed by atoms with Crippen LogP contribution in [0.15, 0.2) is 12.4 Å². The fraction of sp³-hybridized carbons (Fsp3) is 0.667. The molecule has 5 heteroatoms. The van der Waals surface area contributed by atoms with Crippen LogP contribution >= 0.6 is 11.8 Å². The van der Waals surface area contributed by atoms with Gasteiger partial charge in [-0.3, -0.25) is 9.69 Å². The van der Waals surface area contributed by atoms with E-state index in [4.69, 9.17) is 0 Å². The molecule has 1 aliphatic heterocycles. The fourth-order valence-electron chi connectivity index (χ4n) is 2.07. The molecule has 1 unspecified atom stereocenters. The summed E-state index contributed by atoms with van der Waals surface area (Å²) in [5, 5.41) is 0. The summed E-state index contributed by atoms with van der Waals surface area (Å²) < 4.78 is 1.97. The first-order valence-electron chi connectivity index (χ1n) is 6.07. The van der Waals surface area contributed by atoms with Gasteiger partial charge in [0, 0.05) is 37.0 Å². The topological polar surface area (TPSA) is 38.1 Å². The van der Waals surface area contributed by atoms with Crippen LogP contribution in [0.5, 0.6) is 0 Å². The van der Waals surface area contributed by atoms with Crippen molar-refractivity contribution in [1.82, 2.24) is 14.5 Å². The second kappa shape index (κ2) is 5.69. The van der Waals surface area contributed by atoms with Gasteiger partial charge in [-0.2, -0.15) is 11.8 Å². The standard InChI is InChI=1S/C12H19N3OS/c1-3-5-15-6-4-13-12(15)11(16)10-9-17-8-7-14(10)2/h4,6,10H,3,5,7-9H2,1-2H3. The Morgan fingerprint density at radius 1 is 1.65 bits per heavy atom. The minimum absolute atomic E-state index is 0.00763. The van der Waals surface area contributed by atoms with E-state index >= 15 is 0 Å². The highest BCUT2D eigenvalue weighted by atomic mass is 32.2. The Hall–Kier alpha value is -0.810. The molecule has 0 bridgehead atoms.